The highest BCUT2D eigenvalue weighted by Gasteiger charge is 2.12. The van der Waals surface area contributed by atoms with Gasteiger partial charge in [0.15, 0.2) is 5.96 Å². The second kappa shape index (κ2) is 12.6. The van der Waals surface area contributed by atoms with Gasteiger partial charge in [-0.25, -0.2) is 0 Å². The van der Waals surface area contributed by atoms with Crippen molar-refractivity contribution in [2.45, 2.75) is 71.3 Å². The molecule has 0 aromatic carbocycles. The van der Waals surface area contributed by atoms with Crippen LogP contribution in [0.1, 0.15) is 64.7 Å². The van der Waals surface area contributed by atoms with Crippen LogP contribution in [0.25, 0.3) is 0 Å². The maximum atomic E-state index is 11.7. The van der Waals surface area contributed by atoms with E-state index in [-0.39, 0.29) is 5.56 Å². The maximum Gasteiger partial charge on any atom is 0.250 e. The summed E-state index contributed by atoms with van der Waals surface area (Å²) in [4.78, 5) is 16.4. The molecule has 1 saturated carbocycles. The van der Waals surface area contributed by atoms with E-state index in [1.54, 1.807) is 16.7 Å². The van der Waals surface area contributed by atoms with Crippen LogP contribution in [-0.4, -0.2) is 30.2 Å². The van der Waals surface area contributed by atoms with Crippen LogP contribution >= 0.6 is 0 Å². The van der Waals surface area contributed by atoms with E-state index in [4.69, 9.17) is 4.99 Å². The van der Waals surface area contributed by atoms with Gasteiger partial charge in [0, 0.05) is 38.4 Å². The van der Waals surface area contributed by atoms with E-state index in [1.807, 2.05) is 12.3 Å². The van der Waals surface area contributed by atoms with Crippen LogP contribution in [-0.2, 0) is 6.54 Å². The summed E-state index contributed by atoms with van der Waals surface area (Å²) >= 11 is 0. The number of guanidine groups is 1. The van der Waals surface area contributed by atoms with Gasteiger partial charge in [0.2, 0.25) is 5.56 Å². The smallest absolute Gasteiger partial charge is 0.250 e. The number of aryl methyl sites for hydroxylation is 1. The molecule has 146 valence electrons. The topological polar surface area (TPSA) is 58.4 Å². The zero-order valence-electron chi connectivity index (χ0n) is 16.4. The molecular weight excluding hydrogens is 324 g/mol. The van der Waals surface area contributed by atoms with E-state index in [2.05, 4.69) is 17.6 Å². The molecule has 1 aromatic rings. The lowest BCUT2D eigenvalue weighted by molar-refractivity contribution is 0.334. The third kappa shape index (κ3) is 8.07. The fourth-order valence-corrected chi connectivity index (χ4v) is 3.65. The van der Waals surface area contributed by atoms with Gasteiger partial charge >= 0.3 is 0 Å². The molecule has 0 atom stereocenters. The van der Waals surface area contributed by atoms with Gasteiger partial charge in [0.1, 0.15) is 0 Å². The summed E-state index contributed by atoms with van der Waals surface area (Å²) in [6.45, 7) is 5.55. The van der Waals surface area contributed by atoms with Crippen LogP contribution < -0.4 is 16.2 Å². The summed E-state index contributed by atoms with van der Waals surface area (Å²) in [5, 5.41) is 6.73. The van der Waals surface area contributed by atoms with Crippen LogP contribution in [0, 0.1) is 5.92 Å². The molecule has 2 rings (SSSR count). The molecule has 5 nitrogen and oxygen atoms in total. The number of hydrogen-bond acceptors (Lipinski definition) is 2. The van der Waals surface area contributed by atoms with Gasteiger partial charge in [-0.3, -0.25) is 9.79 Å². The summed E-state index contributed by atoms with van der Waals surface area (Å²) in [5.41, 5.74) is 0.0772. The summed E-state index contributed by atoms with van der Waals surface area (Å²) in [7, 11) is 0. The van der Waals surface area contributed by atoms with E-state index in [0.29, 0.717) is 0 Å². The molecule has 1 aliphatic rings. The zero-order chi connectivity index (χ0) is 18.5. The molecule has 26 heavy (non-hydrogen) atoms. The van der Waals surface area contributed by atoms with E-state index in [0.717, 1.165) is 50.9 Å². The van der Waals surface area contributed by atoms with E-state index >= 15 is 0 Å². The molecule has 1 fully saturated rings. The summed E-state index contributed by atoms with van der Waals surface area (Å²) in [5.74, 6) is 1.86. The number of nitrogens with zero attached hydrogens (tertiary/aromatic N) is 2. The van der Waals surface area contributed by atoms with E-state index < -0.39 is 0 Å². The highest BCUT2D eigenvalue weighted by molar-refractivity contribution is 5.79. The van der Waals surface area contributed by atoms with Crippen molar-refractivity contribution in [3.63, 3.8) is 0 Å². The Kier molecular flexibility index (Phi) is 9.91. The minimum absolute atomic E-state index is 0.0772. The number of aliphatic imine (C=N–C) groups is 1. The average molecular weight is 361 g/mol. The molecule has 0 radical (unpaired) electrons. The minimum atomic E-state index is 0.0772. The summed E-state index contributed by atoms with van der Waals surface area (Å²) in [6.07, 6.45) is 13.5. The molecular formula is C21H36N4O. The summed E-state index contributed by atoms with van der Waals surface area (Å²) < 4.78 is 1.77. The molecule has 0 amide bonds. The Morgan fingerprint density at radius 2 is 2.00 bits per heavy atom. The zero-order valence-corrected chi connectivity index (χ0v) is 16.4. The number of hydrogen-bond donors (Lipinski definition) is 2. The Morgan fingerprint density at radius 1 is 1.15 bits per heavy atom. The molecule has 0 spiro atoms. The standard InChI is InChI=1S/C21H36N4O/c1-2-22-21(24-16-10-13-19-11-4-3-5-12-19)23-15-7-9-18-25-17-8-6-14-20(25)26/h6,8,14,17,19H,2-5,7,9-13,15-16,18H2,1H3,(H2,22,23,24). The Bertz CT molecular complexity index is 575. The normalized spacial score (nSPS) is 15.8. The monoisotopic (exact) mass is 360 g/mol. The molecule has 0 aliphatic heterocycles. The van der Waals surface area contributed by atoms with Crippen molar-refractivity contribution in [2.75, 3.05) is 19.6 Å². The third-order valence-corrected chi connectivity index (χ3v) is 5.13. The number of unbranched alkanes of at least 4 members (excludes halogenated alkanes) is 1. The molecule has 1 aliphatic carbocycles. The van der Waals surface area contributed by atoms with Crippen molar-refractivity contribution in [1.29, 1.82) is 0 Å². The summed E-state index contributed by atoms with van der Waals surface area (Å²) in [6, 6.07) is 5.30. The van der Waals surface area contributed by atoms with Crippen molar-refractivity contribution < 1.29 is 0 Å². The van der Waals surface area contributed by atoms with Gasteiger partial charge in [-0.05, 0) is 44.6 Å². The lowest BCUT2D eigenvalue weighted by Gasteiger charge is -2.20. The van der Waals surface area contributed by atoms with E-state index in [1.165, 1.54) is 44.9 Å². The van der Waals surface area contributed by atoms with Gasteiger partial charge < -0.3 is 15.2 Å². The first-order valence-electron chi connectivity index (χ1n) is 10.5. The van der Waals surface area contributed by atoms with Crippen LogP contribution in [0.4, 0.5) is 0 Å². The highest BCUT2D eigenvalue weighted by atomic mass is 16.1. The van der Waals surface area contributed by atoms with Crippen molar-refractivity contribution in [1.82, 2.24) is 15.2 Å². The first-order chi connectivity index (χ1) is 12.8. The maximum absolute atomic E-state index is 11.7. The SMILES string of the molecule is CCNC(=NCCCC1CCCCC1)NCCCCn1ccccc1=O. The fourth-order valence-electron chi connectivity index (χ4n) is 3.65. The van der Waals surface area contributed by atoms with Gasteiger partial charge in [-0.15, -0.1) is 0 Å². The van der Waals surface area contributed by atoms with Crippen LogP contribution in [0.2, 0.25) is 0 Å². The van der Waals surface area contributed by atoms with Crippen molar-refractivity contribution in [3.8, 4) is 0 Å². The lowest BCUT2D eigenvalue weighted by Crippen LogP contribution is -2.38. The van der Waals surface area contributed by atoms with Crippen LogP contribution in [0.5, 0.6) is 0 Å². The quantitative estimate of drug-likeness (QED) is 0.381. The first-order valence-corrected chi connectivity index (χ1v) is 10.5. The lowest BCUT2D eigenvalue weighted by atomic mass is 9.86. The number of aromatic nitrogens is 1. The first kappa shape index (κ1) is 20.5. The van der Waals surface area contributed by atoms with Crippen molar-refractivity contribution >= 4 is 5.96 Å². The van der Waals surface area contributed by atoms with E-state index in [9.17, 15) is 4.79 Å². The molecule has 5 heteroatoms. The Labute approximate surface area is 158 Å². The fraction of sp³-hybridized carbons (Fsp3) is 0.714. The predicted molar refractivity (Wildman–Crippen MR) is 110 cm³/mol. The highest BCUT2D eigenvalue weighted by Crippen LogP contribution is 2.27. The average Bonchev–Trinajstić information content (AvgIpc) is 2.67. The van der Waals surface area contributed by atoms with Crippen molar-refractivity contribution in [3.05, 3.63) is 34.7 Å². The Balaban J connectivity index is 1.60. The minimum Gasteiger partial charge on any atom is -0.357 e. The van der Waals surface area contributed by atoms with Gasteiger partial charge in [0.25, 0.3) is 0 Å². The Hall–Kier alpha value is -1.78. The molecule has 2 N–H and O–H groups in total. The largest absolute Gasteiger partial charge is 0.357 e. The van der Waals surface area contributed by atoms with Crippen LogP contribution in [0.15, 0.2) is 34.2 Å². The van der Waals surface area contributed by atoms with Gasteiger partial charge in [-0.2, -0.15) is 0 Å². The molecule has 1 aromatic heterocycles. The van der Waals surface area contributed by atoms with Crippen molar-refractivity contribution in [2.24, 2.45) is 10.9 Å². The number of rotatable bonds is 10. The molecule has 0 bridgehead atoms. The second-order valence-electron chi connectivity index (χ2n) is 7.27. The Morgan fingerprint density at radius 3 is 2.77 bits per heavy atom. The second-order valence-corrected chi connectivity index (χ2v) is 7.27. The van der Waals surface area contributed by atoms with Gasteiger partial charge in [0.05, 0.1) is 0 Å². The number of pyridine rings is 1. The van der Waals surface area contributed by atoms with Gasteiger partial charge in [-0.1, -0.05) is 38.2 Å². The molecule has 1 heterocycles. The molecule has 0 saturated heterocycles. The third-order valence-electron chi connectivity index (χ3n) is 5.13. The van der Waals surface area contributed by atoms with Crippen LogP contribution in [0.3, 0.4) is 0 Å². The number of nitrogens with one attached hydrogen (secondary N) is 2. The predicted octanol–water partition coefficient (Wildman–Crippen LogP) is 3.54. The molecule has 0 unspecified atom stereocenters.